The molecule has 1 aliphatic carbocycles. The van der Waals surface area contributed by atoms with Crippen molar-refractivity contribution >= 4 is 50.9 Å². The predicted molar refractivity (Wildman–Crippen MR) is 125 cm³/mol. The molecule has 4 nitrogen and oxygen atoms in total. The number of benzene rings is 2. The molecular formula is C23H25BrCl2N2O2. The molecule has 1 fully saturated rings. The van der Waals surface area contributed by atoms with Gasteiger partial charge in [0.1, 0.15) is 6.04 Å². The molecule has 0 heterocycles. The molecule has 1 atom stereocenters. The minimum absolute atomic E-state index is 0.110. The molecule has 0 aliphatic heterocycles. The number of nitrogens with one attached hydrogen (secondary N) is 1. The van der Waals surface area contributed by atoms with Crippen molar-refractivity contribution in [3.8, 4) is 0 Å². The summed E-state index contributed by atoms with van der Waals surface area (Å²) in [4.78, 5) is 27.7. The second-order valence-corrected chi connectivity index (χ2v) is 9.47. The fourth-order valence-electron chi connectivity index (χ4n) is 3.69. The Morgan fingerprint density at radius 3 is 2.33 bits per heavy atom. The SMILES string of the molecule is C[C@@H](C(=O)NC1CCCC1)N(Cc1ccc(Br)cc1)C(=O)Cc1ccc(Cl)c(Cl)c1. The molecule has 0 aromatic heterocycles. The van der Waals surface area contributed by atoms with E-state index in [0.717, 1.165) is 41.3 Å². The Labute approximate surface area is 196 Å². The molecule has 1 N–H and O–H groups in total. The highest BCUT2D eigenvalue weighted by Crippen LogP contribution is 2.24. The smallest absolute Gasteiger partial charge is 0.242 e. The van der Waals surface area contributed by atoms with E-state index in [1.165, 1.54) is 0 Å². The lowest BCUT2D eigenvalue weighted by Crippen LogP contribution is -2.50. The summed E-state index contributed by atoms with van der Waals surface area (Å²) in [6, 6.07) is 12.6. The summed E-state index contributed by atoms with van der Waals surface area (Å²) >= 11 is 15.5. The molecule has 0 radical (unpaired) electrons. The average Bonchev–Trinajstić information content (AvgIpc) is 3.22. The zero-order chi connectivity index (χ0) is 21.7. The van der Waals surface area contributed by atoms with Crippen molar-refractivity contribution < 1.29 is 9.59 Å². The van der Waals surface area contributed by atoms with Gasteiger partial charge >= 0.3 is 0 Å². The molecule has 0 unspecified atom stereocenters. The van der Waals surface area contributed by atoms with Gasteiger partial charge in [-0.05, 0) is 55.2 Å². The number of nitrogens with zero attached hydrogens (tertiary/aromatic N) is 1. The van der Waals surface area contributed by atoms with Crippen LogP contribution in [0.4, 0.5) is 0 Å². The second kappa shape index (κ2) is 10.7. The first-order valence-electron chi connectivity index (χ1n) is 10.1. The normalized spacial score (nSPS) is 15.1. The van der Waals surface area contributed by atoms with E-state index >= 15 is 0 Å². The van der Waals surface area contributed by atoms with E-state index in [2.05, 4.69) is 21.2 Å². The van der Waals surface area contributed by atoms with Crippen LogP contribution < -0.4 is 5.32 Å². The van der Waals surface area contributed by atoms with Gasteiger partial charge in [-0.15, -0.1) is 0 Å². The van der Waals surface area contributed by atoms with Crippen LogP contribution in [-0.4, -0.2) is 28.8 Å². The van der Waals surface area contributed by atoms with E-state index in [4.69, 9.17) is 23.2 Å². The molecule has 1 aliphatic rings. The largest absolute Gasteiger partial charge is 0.352 e. The Balaban J connectivity index is 1.77. The quantitative estimate of drug-likeness (QED) is 0.512. The van der Waals surface area contributed by atoms with Crippen molar-refractivity contribution in [2.24, 2.45) is 0 Å². The van der Waals surface area contributed by atoms with E-state index in [1.807, 2.05) is 24.3 Å². The van der Waals surface area contributed by atoms with Gasteiger partial charge in [-0.25, -0.2) is 0 Å². The lowest BCUT2D eigenvalue weighted by atomic mass is 10.1. The Hall–Kier alpha value is -1.56. The molecular weight excluding hydrogens is 487 g/mol. The molecule has 7 heteroatoms. The van der Waals surface area contributed by atoms with E-state index < -0.39 is 6.04 Å². The molecule has 0 bridgehead atoms. The maximum absolute atomic E-state index is 13.2. The number of halogens is 3. The van der Waals surface area contributed by atoms with E-state index in [1.54, 1.807) is 30.0 Å². The van der Waals surface area contributed by atoms with Crippen molar-refractivity contribution in [2.75, 3.05) is 0 Å². The van der Waals surface area contributed by atoms with Gasteiger partial charge < -0.3 is 10.2 Å². The molecule has 2 amide bonds. The van der Waals surface area contributed by atoms with Gasteiger partial charge in [-0.1, -0.05) is 70.2 Å². The van der Waals surface area contributed by atoms with Crippen molar-refractivity contribution in [1.82, 2.24) is 10.2 Å². The van der Waals surface area contributed by atoms with Gasteiger partial charge in [0.05, 0.1) is 16.5 Å². The van der Waals surface area contributed by atoms with Gasteiger partial charge in [0.15, 0.2) is 0 Å². The van der Waals surface area contributed by atoms with Crippen molar-refractivity contribution in [1.29, 1.82) is 0 Å². The standard InChI is InChI=1S/C23H25BrCl2N2O2/c1-15(23(30)27-19-4-2-3-5-19)28(14-16-6-9-18(24)10-7-16)22(29)13-17-8-11-20(25)21(26)12-17/h6-12,15,19H,2-5,13-14H2,1H3,(H,27,30)/t15-/m0/s1. The third kappa shape index (κ3) is 6.22. The van der Waals surface area contributed by atoms with E-state index in [-0.39, 0.29) is 24.3 Å². The zero-order valence-electron chi connectivity index (χ0n) is 16.8. The average molecular weight is 512 g/mol. The zero-order valence-corrected chi connectivity index (χ0v) is 19.9. The highest BCUT2D eigenvalue weighted by atomic mass is 79.9. The van der Waals surface area contributed by atoms with E-state index in [0.29, 0.717) is 16.6 Å². The van der Waals surface area contributed by atoms with Crippen LogP contribution in [0, 0.1) is 0 Å². The topological polar surface area (TPSA) is 49.4 Å². The highest BCUT2D eigenvalue weighted by molar-refractivity contribution is 9.10. The Bertz CT molecular complexity index is 899. The van der Waals surface area contributed by atoms with Gasteiger partial charge in [0.25, 0.3) is 0 Å². The summed E-state index contributed by atoms with van der Waals surface area (Å²) in [6.45, 7) is 2.14. The maximum Gasteiger partial charge on any atom is 0.242 e. The number of carbonyl (C=O) groups excluding carboxylic acids is 2. The Kier molecular flexibility index (Phi) is 8.20. The van der Waals surface area contributed by atoms with Crippen LogP contribution in [-0.2, 0) is 22.6 Å². The van der Waals surface area contributed by atoms with Crippen LogP contribution in [0.5, 0.6) is 0 Å². The van der Waals surface area contributed by atoms with Crippen molar-refractivity contribution in [2.45, 2.75) is 57.7 Å². The molecule has 0 spiro atoms. The fourth-order valence-corrected chi connectivity index (χ4v) is 4.27. The number of amides is 2. The van der Waals surface area contributed by atoms with Gasteiger partial charge in [-0.2, -0.15) is 0 Å². The van der Waals surface area contributed by atoms with Crippen LogP contribution in [0.25, 0.3) is 0 Å². The summed E-state index contributed by atoms with van der Waals surface area (Å²) in [5, 5.41) is 3.97. The molecule has 2 aromatic carbocycles. The number of hydrogen-bond acceptors (Lipinski definition) is 2. The first-order chi connectivity index (χ1) is 14.3. The number of rotatable bonds is 7. The highest BCUT2D eigenvalue weighted by Gasteiger charge is 2.28. The molecule has 30 heavy (non-hydrogen) atoms. The van der Waals surface area contributed by atoms with Crippen LogP contribution in [0.15, 0.2) is 46.9 Å². The van der Waals surface area contributed by atoms with E-state index in [9.17, 15) is 9.59 Å². The first-order valence-corrected chi connectivity index (χ1v) is 11.7. The number of hydrogen-bond donors (Lipinski definition) is 1. The Morgan fingerprint density at radius 2 is 1.70 bits per heavy atom. The van der Waals surface area contributed by atoms with Gasteiger partial charge in [-0.3, -0.25) is 9.59 Å². The first kappa shape index (κ1) is 23.1. The molecule has 1 saturated carbocycles. The second-order valence-electron chi connectivity index (χ2n) is 7.74. The van der Waals surface area contributed by atoms with Crippen LogP contribution in [0.1, 0.15) is 43.7 Å². The third-order valence-electron chi connectivity index (χ3n) is 5.47. The van der Waals surface area contributed by atoms with Gasteiger partial charge in [0.2, 0.25) is 11.8 Å². The Morgan fingerprint density at radius 1 is 1.07 bits per heavy atom. The minimum atomic E-state index is -0.579. The maximum atomic E-state index is 13.2. The van der Waals surface area contributed by atoms with Crippen LogP contribution in [0.2, 0.25) is 10.0 Å². The number of carbonyl (C=O) groups is 2. The van der Waals surface area contributed by atoms with Crippen LogP contribution in [0.3, 0.4) is 0 Å². The molecule has 2 aromatic rings. The third-order valence-corrected chi connectivity index (χ3v) is 6.74. The summed E-state index contributed by atoms with van der Waals surface area (Å²) < 4.78 is 0.965. The summed E-state index contributed by atoms with van der Waals surface area (Å²) in [7, 11) is 0. The molecule has 3 rings (SSSR count). The lowest BCUT2D eigenvalue weighted by Gasteiger charge is -2.30. The van der Waals surface area contributed by atoms with Crippen LogP contribution >= 0.6 is 39.1 Å². The lowest BCUT2D eigenvalue weighted by molar-refractivity contribution is -0.140. The molecule has 160 valence electrons. The van der Waals surface area contributed by atoms with Crippen molar-refractivity contribution in [3.63, 3.8) is 0 Å². The fraction of sp³-hybridized carbons (Fsp3) is 0.391. The predicted octanol–water partition coefficient (Wildman–Crippen LogP) is 5.77. The monoisotopic (exact) mass is 510 g/mol. The summed E-state index contributed by atoms with van der Waals surface area (Å²) in [6.07, 6.45) is 4.43. The summed E-state index contributed by atoms with van der Waals surface area (Å²) in [5.74, 6) is -0.244. The summed E-state index contributed by atoms with van der Waals surface area (Å²) in [5.41, 5.74) is 1.72. The minimum Gasteiger partial charge on any atom is -0.352 e. The van der Waals surface area contributed by atoms with Gasteiger partial charge in [0, 0.05) is 17.1 Å². The van der Waals surface area contributed by atoms with Crippen molar-refractivity contribution in [3.05, 3.63) is 68.1 Å². The molecule has 0 saturated heterocycles.